The summed E-state index contributed by atoms with van der Waals surface area (Å²) >= 11 is 5.91. The van der Waals surface area contributed by atoms with Gasteiger partial charge in [-0.25, -0.2) is 0 Å². The predicted molar refractivity (Wildman–Crippen MR) is 86.4 cm³/mol. The van der Waals surface area contributed by atoms with Crippen molar-refractivity contribution in [3.05, 3.63) is 34.9 Å². The Labute approximate surface area is 132 Å². The van der Waals surface area contributed by atoms with Gasteiger partial charge in [-0.2, -0.15) is 0 Å². The van der Waals surface area contributed by atoms with Gasteiger partial charge in [-0.05, 0) is 51.2 Å². The van der Waals surface area contributed by atoms with Crippen LogP contribution in [0.15, 0.2) is 24.3 Å². The van der Waals surface area contributed by atoms with Gasteiger partial charge in [0.1, 0.15) is 0 Å². The molecule has 0 saturated carbocycles. The molecule has 1 amide bonds. The second-order valence-corrected chi connectivity index (χ2v) is 6.44. The van der Waals surface area contributed by atoms with Gasteiger partial charge in [-0.3, -0.25) is 9.69 Å². The van der Waals surface area contributed by atoms with Gasteiger partial charge in [0.15, 0.2) is 0 Å². The molecule has 1 aromatic rings. The Morgan fingerprint density at radius 3 is 2.76 bits per heavy atom. The van der Waals surface area contributed by atoms with E-state index < -0.39 is 0 Å². The van der Waals surface area contributed by atoms with Crippen LogP contribution >= 0.6 is 11.6 Å². The topological polar surface area (TPSA) is 35.6 Å². The fraction of sp³-hybridized carbons (Fsp3) is 0.562. The largest absolute Gasteiger partial charge is 0.351 e. The van der Waals surface area contributed by atoms with Gasteiger partial charge in [0.05, 0.1) is 6.54 Å². The van der Waals surface area contributed by atoms with Crippen LogP contribution in [-0.2, 0) is 11.3 Å². The molecular formula is C16H24ClN3O. The average Bonchev–Trinajstić information content (AvgIpc) is 2.41. The summed E-state index contributed by atoms with van der Waals surface area (Å²) in [6, 6.07) is 8.25. The van der Waals surface area contributed by atoms with Gasteiger partial charge < -0.3 is 10.2 Å². The minimum absolute atomic E-state index is 0.110. The molecular weight excluding hydrogens is 286 g/mol. The van der Waals surface area contributed by atoms with E-state index in [4.69, 9.17) is 11.6 Å². The molecule has 116 valence electrons. The maximum Gasteiger partial charge on any atom is 0.234 e. The first-order chi connectivity index (χ1) is 10.0. The highest BCUT2D eigenvalue weighted by Crippen LogP contribution is 2.15. The second kappa shape index (κ2) is 7.78. The fourth-order valence-electron chi connectivity index (χ4n) is 2.73. The van der Waals surface area contributed by atoms with E-state index in [0.29, 0.717) is 6.54 Å². The molecule has 1 aliphatic heterocycles. The molecule has 0 bridgehead atoms. The van der Waals surface area contributed by atoms with E-state index >= 15 is 0 Å². The van der Waals surface area contributed by atoms with Crippen LogP contribution in [0.2, 0.25) is 5.02 Å². The summed E-state index contributed by atoms with van der Waals surface area (Å²) in [4.78, 5) is 16.1. The summed E-state index contributed by atoms with van der Waals surface area (Å²) in [6.07, 6.45) is 2.19. The van der Waals surface area contributed by atoms with Crippen LogP contribution in [-0.4, -0.2) is 55.5 Å². The predicted octanol–water partition coefficient (Wildman–Crippen LogP) is 1.98. The van der Waals surface area contributed by atoms with Crippen molar-refractivity contribution in [3.63, 3.8) is 0 Å². The van der Waals surface area contributed by atoms with E-state index in [1.54, 1.807) is 0 Å². The van der Waals surface area contributed by atoms with Crippen molar-refractivity contribution in [2.45, 2.75) is 25.4 Å². The van der Waals surface area contributed by atoms with Gasteiger partial charge in [0.2, 0.25) is 5.91 Å². The number of likely N-dealkylation sites (tertiary alicyclic amines) is 1. The Hall–Kier alpha value is -1.10. The normalized spacial score (nSPS) is 19.7. The number of amides is 1. The van der Waals surface area contributed by atoms with Crippen LogP contribution in [0, 0.1) is 0 Å². The summed E-state index contributed by atoms with van der Waals surface area (Å²) in [5.74, 6) is 0.110. The number of hydrogen-bond acceptors (Lipinski definition) is 3. The van der Waals surface area contributed by atoms with Gasteiger partial charge in [-0.15, -0.1) is 0 Å². The first-order valence-corrected chi connectivity index (χ1v) is 7.81. The molecule has 1 aliphatic rings. The average molecular weight is 310 g/mol. The van der Waals surface area contributed by atoms with Gasteiger partial charge in [0.25, 0.3) is 0 Å². The molecule has 21 heavy (non-hydrogen) atoms. The Kier molecular flexibility index (Phi) is 6.03. The van der Waals surface area contributed by atoms with Crippen molar-refractivity contribution in [2.75, 3.05) is 33.7 Å². The smallest absolute Gasteiger partial charge is 0.234 e. The Morgan fingerprint density at radius 1 is 1.38 bits per heavy atom. The van der Waals surface area contributed by atoms with Crippen molar-refractivity contribution in [1.29, 1.82) is 0 Å². The number of piperidine rings is 1. The minimum Gasteiger partial charge on any atom is -0.351 e. The second-order valence-electron chi connectivity index (χ2n) is 6.01. The number of carbonyl (C=O) groups excluding carboxylic acids is 1. The first-order valence-electron chi connectivity index (χ1n) is 7.44. The monoisotopic (exact) mass is 309 g/mol. The number of carbonyl (C=O) groups is 1. The summed E-state index contributed by atoms with van der Waals surface area (Å²) in [5, 5.41) is 3.90. The summed E-state index contributed by atoms with van der Waals surface area (Å²) in [7, 11) is 3.82. The lowest BCUT2D eigenvalue weighted by molar-refractivity contribution is -0.122. The zero-order valence-corrected chi connectivity index (χ0v) is 13.6. The molecule has 0 aromatic heterocycles. The van der Waals surface area contributed by atoms with Gasteiger partial charge >= 0.3 is 0 Å². The van der Waals surface area contributed by atoms with Crippen LogP contribution in [0.3, 0.4) is 0 Å². The number of likely N-dealkylation sites (N-methyl/N-ethyl adjacent to an activating group) is 1. The van der Waals surface area contributed by atoms with Crippen LogP contribution in [0.25, 0.3) is 0 Å². The molecule has 1 atom stereocenters. The van der Waals surface area contributed by atoms with Gasteiger partial charge in [0, 0.05) is 24.2 Å². The summed E-state index contributed by atoms with van der Waals surface area (Å²) < 4.78 is 0. The van der Waals surface area contributed by atoms with Gasteiger partial charge in [-0.1, -0.05) is 23.7 Å². The van der Waals surface area contributed by atoms with Crippen molar-refractivity contribution in [1.82, 2.24) is 15.1 Å². The molecule has 1 aromatic carbocycles. The lowest BCUT2D eigenvalue weighted by atomic mass is 10.0. The quantitative estimate of drug-likeness (QED) is 0.903. The number of benzene rings is 1. The molecule has 1 N–H and O–H groups in total. The molecule has 0 spiro atoms. The standard InChI is InChI=1S/C16H24ClN3O/c1-19(2)12-16(21)18-15-4-3-9-20(11-15)10-13-5-7-14(17)8-6-13/h5-8,15H,3-4,9-12H2,1-2H3,(H,18,21). The molecule has 4 nitrogen and oxygen atoms in total. The van der Waals surface area contributed by atoms with Crippen molar-refractivity contribution in [2.24, 2.45) is 0 Å². The Balaban J connectivity index is 1.83. The lowest BCUT2D eigenvalue weighted by Crippen LogP contribution is -2.49. The maximum atomic E-state index is 11.8. The molecule has 2 rings (SSSR count). The van der Waals surface area contributed by atoms with E-state index in [2.05, 4.69) is 22.3 Å². The van der Waals surface area contributed by atoms with Crippen LogP contribution in [0.5, 0.6) is 0 Å². The highest BCUT2D eigenvalue weighted by Gasteiger charge is 2.21. The molecule has 1 heterocycles. The highest BCUT2D eigenvalue weighted by atomic mass is 35.5. The van der Waals surface area contributed by atoms with E-state index in [0.717, 1.165) is 37.5 Å². The van der Waals surface area contributed by atoms with E-state index in [1.165, 1.54) is 5.56 Å². The molecule has 1 unspecified atom stereocenters. The summed E-state index contributed by atoms with van der Waals surface area (Å²) in [6.45, 7) is 3.37. The van der Waals surface area contributed by atoms with Crippen LogP contribution in [0.4, 0.5) is 0 Å². The number of nitrogens with zero attached hydrogens (tertiary/aromatic N) is 2. The zero-order chi connectivity index (χ0) is 15.2. The SMILES string of the molecule is CN(C)CC(=O)NC1CCCN(Cc2ccc(Cl)cc2)C1. The Bertz CT molecular complexity index is 461. The van der Waals surface area contributed by atoms with Crippen LogP contribution < -0.4 is 5.32 Å². The van der Waals surface area contributed by atoms with Crippen molar-refractivity contribution in [3.8, 4) is 0 Å². The van der Waals surface area contributed by atoms with Crippen molar-refractivity contribution < 1.29 is 4.79 Å². The first kappa shape index (κ1) is 16.3. The lowest BCUT2D eigenvalue weighted by Gasteiger charge is -2.33. The number of hydrogen-bond donors (Lipinski definition) is 1. The fourth-order valence-corrected chi connectivity index (χ4v) is 2.85. The third-order valence-corrected chi connectivity index (χ3v) is 3.90. The number of nitrogens with one attached hydrogen (secondary N) is 1. The molecule has 0 radical (unpaired) electrons. The van der Waals surface area contributed by atoms with E-state index in [9.17, 15) is 4.79 Å². The van der Waals surface area contributed by atoms with Crippen molar-refractivity contribution >= 4 is 17.5 Å². The molecule has 1 saturated heterocycles. The molecule has 0 aliphatic carbocycles. The van der Waals surface area contributed by atoms with E-state index in [1.807, 2.05) is 31.1 Å². The zero-order valence-electron chi connectivity index (χ0n) is 12.8. The maximum absolute atomic E-state index is 11.8. The van der Waals surface area contributed by atoms with Crippen LogP contribution in [0.1, 0.15) is 18.4 Å². The number of rotatable bonds is 5. The third kappa shape index (κ3) is 5.65. The number of halogens is 1. The minimum atomic E-state index is 0.110. The summed E-state index contributed by atoms with van der Waals surface area (Å²) in [5.41, 5.74) is 1.26. The Morgan fingerprint density at radius 2 is 2.10 bits per heavy atom. The van der Waals surface area contributed by atoms with E-state index in [-0.39, 0.29) is 11.9 Å². The molecule has 5 heteroatoms. The highest BCUT2D eigenvalue weighted by molar-refractivity contribution is 6.30. The third-order valence-electron chi connectivity index (χ3n) is 3.65. The molecule has 1 fully saturated rings.